The molecule has 2 rings (SSSR count). The van der Waals surface area contributed by atoms with Gasteiger partial charge in [-0.25, -0.2) is 0 Å². The maximum absolute atomic E-state index is 11.1. The van der Waals surface area contributed by atoms with Crippen LogP contribution in [0, 0.1) is 0 Å². The summed E-state index contributed by atoms with van der Waals surface area (Å²) < 4.78 is 0. The monoisotopic (exact) mass is 297 g/mol. The molecule has 1 aromatic rings. The Bertz CT molecular complexity index is 528. The molecule has 0 atom stereocenters. The molecule has 1 aromatic carbocycles. The van der Waals surface area contributed by atoms with Gasteiger partial charge < -0.3 is 15.7 Å². The van der Waals surface area contributed by atoms with E-state index in [9.17, 15) is 9.59 Å². The van der Waals surface area contributed by atoms with Gasteiger partial charge in [-0.15, -0.1) is 0 Å². The molecule has 0 saturated carbocycles. The fourth-order valence-electron chi connectivity index (χ4n) is 2.26. The van der Waals surface area contributed by atoms with Gasteiger partial charge in [0.05, 0.1) is 17.1 Å². The minimum atomic E-state index is -0.813. The molecule has 0 aliphatic carbocycles. The summed E-state index contributed by atoms with van der Waals surface area (Å²) in [7, 11) is 0. The molecule has 0 spiro atoms. The van der Waals surface area contributed by atoms with Gasteiger partial charge >= 0.3 is 5.97 Å². The van der Waals surface area contributed by atoms with Crippen LogP contribution in [0.1, 0.15) is 10.4 Å². The number of piperazine rings is 1. The van der Waals surface area contributed by atoms with Gasteiger partial charge in [-0.05, 0) is 18.2 Å². The first-order valence-electron chi connectivity index (χ1n) is 6.26. The molecule has 1 fully saturated rings. The lowest BCUT2D eigenvalue weighted by Crippen LogP contribution is -2.48. The third-order valence-corrected chi connectivity index (χ3v) is 3.63. The Morgan fingerprint density at radius 1 is 1.25 bits per heavy atom. The van der Waals surface area contributed by atoms with Gasteiger partial charge in [0.1, 0.15) is 0 Å². The van der Waals surface area contributed by atoms with Crippen molar-refractivity contribution in [2.75, 3.05) is 37.6 Å². The third kappa shape index (κ3) is 3.40. The molecule has 1 aliphatic heterocycles. The van der Waals surface area contributed by atoms with Crippen LogP contribution in [0.25, 0.3) is 0 Å². The Labute approximate surface area is 121 Å². The molecule has 1 aliphatic rings. The van der Waals surface area contributed by atoms with Gasteiger partial charge in [0.15, 0.2) is 0 Å². The van der Waals surface area contributed by atoms with E-state index in [0.717, 1.165) is 18.8 Å². The van der Waals surface area contributed by atoms with Crippen molar-refractivity contribution in [2.45, 2.75) is 0 Å². The zero-order valence-corrected chi connectivity index (χ0v) is 11.6. The van der Waals surface area contributed by atoms with E-state index < -0.39 is 11.9 Å². The van der Waals surface area contributed by atoms with Crippen molar-refractivity contribution in [3.8, 4) is 0 Å². The van der Waals surface area contributed by atoms with Crippen LogP contribution >= 0.6 is 11.6 Å². The van der Waals surface area contributed by atoms with Gasteiger partial charge in [0, 0.05) is 31.9 Å². The minimum Gasteiger partial charge on any atom is -0.480 e. The van der Waals surface area contributed by atoms with E-state index in [1.165, 1.54) is 0 Å². The van der Waals surface area contributed by atoms with Crippen molar-refractivity contribution in [1.29, 1.82) is 0 Å². The number of carbonyl (C=O) groups is 2. The zero-order valence-electron chi connectivity index (χ0n) is 10.9. The van der Waals surface area contributed by atoms with Gasteiger partial charge in [0.2, 0.25) is 5.91 Å². The number of primary amides is 1. The SMILES string of the molecule is NC(=O)c1ccc(N2CCN(CC(=O)O)CC2)cc1Cl. The van der Waals surface area contributed by atoms with Gasteiger partial charge in [0.25, 0.3) is 0 Å². The Kier molecular flexibility index (Phi) is 4.46. The molecular weight excluding hydrogens is 282 g/mol. The first-order valence-corrected chi connectivity index (χ1v) is 6.63. The van der Waals surface area contributed by atoms with Crippen LogP contribution < -0.4 is 10.6 Å². The Balaban J connectivity index is 2.02. The summed E-state index contributed by atoms with van der Waals surface area (Å²) in [5.41, 5.74) is 6.43. The average Bonchev–Trinajstić information content (AvgIpc) is 2.38. The van der Waals surface area contributed by atoms with Crippen molar-refractivity contribution in [3.05, 3.63) is 28.8 Å². The predicted molar refractivity (Wildman–Crippen MR) is 76.3 cm³/mol. The number of benzene rings is 1. The van der Waals surface area contributed by atoms with Crippen molar-refractivity contribution < 1.29 is 14.7 Å². The molecule has 1 heterocycles. The van der Waals surface area contributed by atoms with Gasteiger partial charge in [-0.1, -0.05) is 11.6 Å². The van der Waals surface area contributed by atoms with E-state index in [1.54, 1.807) is 18.2 Å². The number of amides is 1. The highest BCUT2D eigenvalue weighted by Crippen LogP contribution is 2.24. The standard InChI is InChI=1S/C13H16ClN3O3/c14-11-7-9(1-2-10(11)13(15)20)17-5-3-16(4-6-17)8-12(18)19/h1-2,7H,3-6,8H2,(H2,15,20)(H,18,19). The number of carboxylic acid groups (broad SMARTS) is 1. The topological polar surface area (TPSA) is 86.9 Å². The number of aliphatic carboxylic acids is 1. The number of anilines is 1. The molecule has 108 valence electrons. The molecule has 0 bridgehead atoms. The predicted octanol–water partition coefficient (Wildman–Crippen LogP) is 0.646. The molecule has 3 N–H and O–H groups in total. The summed E-state index contributed by atoms with van der Waals surface area (Å²) in [6.45, 7) is 2.87. The lowest BCUT2D eigenvalue weighted by Gasteiger charge is -2.35. The van der Waals surface area contributed by atoms with Crippen molar-refractivity contribution >= 4 is 29.2 Å². The van der Waals surface area contributed by atoms with Crippen molar-refractivity contribution in [3.63, 3.8) is 0 Å². The van der Waals surface area contributed by atoms with Gasteiger partial charge in [-0.2, -0.15) is 0 Å². The molecule has 0 aromatic heterocycles. The fourth-order valence-corrected chi connectivity index (χ4v) is 2.52. The Morgan fingerprint density at radius 2 is 1.90 bits per heavy atom. The minimum absolute atomic E-state index is 0.0647. The van der Waals surface area contributed by atoms with Crippen LogP contribution in [0.4, 0.5) is 5.69 Å². The summed E-state index contributed by atoms with van der Waals surface area (Å²) in [5, 5.41) is 9.09. The second kappa shape index (κ2) is 6.11. The summed E-state index contributed by atoms with van der Waals surface area (Å²) in [5.74, 6) is -1.36. The second-order valence-corrected chi connectivity index (χ2v) is 5.09. The van der Waals surface area contributed by atoms with Gasteiger partial charge in [-0.3, -0.25) is 14.5 Å². The smallest absolute Gasteiger partial charge is 0.317 e. The molecule has 20 heavy (non-hydrogen) atoms. The number of nitrogens with two attached hydrogens (primary N) is 1. The number of nitrogens with zero attached hydrogens (tertiary/aromatic N) is 2. The van der Waals surface area contributed by atoms with E-state index in [2.05, 4.69) is 4.90 Å². The molecule has 1 saturated heterocycles. The number of rotatable bonds is 4. The molecular formula is C13H16ClN3O3. The first-order chi connectivity index (χ1) is 9.47. The Hall–Kier alpha value is -1.79. The Morgan fingerprint density at radius 3 is 2.40 bits per heavy atom. The molecule has 7 heteroatoms. The fraction of sp³-hybridized carbons (Fsp3) is 0.385. The van der Waals surface area contributed by atoms with Crippen LogP contribution in [0.5, 0.6) is 0 Å². The van der Waals surface area contributed by atoms with Crippen LogP contribution in [0.15, 0.2) is 18.2 Å². The lowest BCUT2D eigenvalue weighted by molar-refractivity contribution is -0.138. The average molecular weight is 298 g/mol. The summed E-state index contributed by atoms with van der Waals surface area (Å²) >= 11 is 6.03. The number of hydrogen-bond acceptors (Lipinski definition) is 4. The quantitative estimate of drug-likeness (QED) is 0.852. The van der Waals surface area contributed by atoms with Crippen molar-refractivity contribution in [2.24, 2.45) is 5.73 Å². The maximum Gasteiger partial charge on any atom is 0.317 e. The number of carbonyl (C=O) groups excluding carboxylic acids is 1. The van der Waals surface area contributed by atoms with Crippen LogP contribution in [-0.2, 0) is 4.79 Å². The van der Waals surface area contributed by atoms with Crippen LogP contribution in [0.3, 0.4) is 0 Å². The molecule has 1 amide bonds. The van der Waals surface area contributed by atoms with Crippen LogP contribution in [0.2, 0.25) is 5.02 Å². The highest BCUT2D eigenvalue weighted by atomic mass is 35.5. The largest absolute Gasteiger partial charge is 0.480 e. The van der Waals surface area contributed by atoms with E-state index in [0.29, 0.717) is 23.7 Å². The van der Waals surface area contributed by atoms with Crippen LogP contribution in [-0.4, -0.2) is 54.6 Å². The highest BCUT2D eigenvalue weighted by Gasteiger charge is 2.19. The normalized spacial score (nSPS) is 16.1. The number of hydrogen-bond donors (Lipinski definition) is 2. The van der Waals surface area contributed by atoms with Crippen molar-refractivity contribution in [1.82, 2.24) is 4.90 Å². The van der Waals surface area contributed by atoms with E-state index in [-0.39, 0.29) is 6.54 Å². The first kappa shape index (κ1) is 14.6. The number of halogens is 1. The molecule has 0 unspecified atom stereocenters. The second-order valence-electron chi connectivity index (χ2n) is 4.69. The van der Waals surface area contributed by atoms with E-state index in [4.69, 9.17) is 22.4 Å². The van der Waals surface area contributed by atoms with E-state index >= 15 is 0 Å². The number of carboxylic acids is 1. The summed E-state index contributed by atoms with van der Waals surface area (Å²) in [6.07, 6.45) is 0. The molecule has 6 nitrogen and oxygen atoms in total. The summed E-state index contributed by atoms with van der Waals surface area (Å²) in [4.78, 5) is 25.8. The highest BCUT2D eigenvalue weighted by molar-refractivity contribution is 6.34. The zero-order chi connectivity index (χ0) is 14.7. The molecule has 0 radical (unpaired) electrons. The van der Waals surface area contributed by atoms with E-state index in [1.807, 2.05) is 4.90 Å². The lowest BCUT2D eigenvalue weighted by atomic mass is 10.1. The summed E-state index contributed by atoms with van der Waals surface area (Å²) in [6, 6.07) is 5.14. The third-order valence-electron chi connectivity index (χ3n) is 3.31. The maximum atomic E-state index is 11.1.